The number of nitrogens with two attached hydrogens (primary N) is 1. The van der Waals surface area contributed by atoms with Gasteiger partial charge in [-0.2, -0.15) is 5.26 Å². The van der Waals surface area contributed by atoms with E-state index in [1.807, 2.05) is 6.07 Å². The average molecular weight is 434 g/mol. The van der Waals surface area contributed by atoms with Gasteiger partial charge < -0.3 is 11.1 Å². The molecule has 0 amide bonds. The summed E-state index contributed by atoms with van der Waals surface area (Å²) < 4.78 is 0. The molecule has 1 fully saturated rings. The van der Waals surface area contributed by atoms with Crippen molar-refractivity contribution in [3.63, 3.8) is 0 Å². The van der Waals surface area contributed by atoms with Crippen LogP contribution in [0.2, 0.25) is 0 Å². The van der Waals surface area contributed by atoms with Crippen LogP contribution in [-0.2, 0) is 25.7 Å². The van der Waals surface area contributed by atoms with Crippen molar-refractivity contribution >= 4 is 11.5 Å². The molecule has 1 aromatic carbocycles. The summed E-state index contributed by atoms with van der Waals surface area (Å²) >= 11 is 0. The van der Waals surface area contributed by atoms with E-state index in [-0.39, 0.29) is 0 Å². The van der Waals surface area contributed by atoms with E-state index in [1.54, 1.807) is 0 Å². The molecule has 3 rings (SSSR count). The minimum absolute atomic E-state index is 0.559. The van der Waals surface area contributed by atoms with Crippen molar-refractivity contribution in [2.45, 2.75) is 91.4 Å². The number of nitrogens with zero attached hydrogens (tertiary/aromatic N) is 3. The van der Waals surface area contributed by atoms with E-state index in [2.05, 4.69) is 38.2 Å². The zero-order chi connectivity index (χ0) is 22.9. The second-order valence-corrected chi connectivity index (χ2v) is 9.11. The third kappa shape index (κ3) is 5.79. The molecule has 1 saturated carbocycles. The number of rotatable bonds is 11. The minimum atomic E-state index is 0.559. The Morgan fingerprint density at radius 1 is 1.06 bits per heavy atom. The number of nitrogens with one attached hydrogen (secondary N) is 1. The summed E-state index contributed by atoms with van der Waals surface area (Å²) in [5, 5.41) is 13.6. The Bertz CT molecular complexity index is 938. The van der Waals surface area contributed by atoms with Crippen LogP contribution in [0.5, 0.6) is 0 Å². The maximum Gasteiger partial charge on any atom is 0.133 e. The summed E-state index contributed by atoms with van der Waals surface area (Å²) in [6.07, 6.45) is 11.9. The first-order valence-electron chi connectivity index (χ1n) is 12.5. The van der Waals surface area contributed by atoms with Gasteiger partial charge in [-0.1, -0.05) is 52.5 Å². The number of anilines is 2. The highest BCUT2D eigenvalue weighted by molar-refractivity contribution is 5.62. The second-order valence-electron chi connectivity index (χ2n) is 9.11. The molecule has 1 aliphatic rings. The quantitative estimate of drug-likeness (QED) is 0.426. The van der Waals surface area contributed by atoms with Gasteiger partial charge in [0.2, 0.25) is 0 Å². The van der Waals surface area contributed by atoms with E-state index in [1.165, 1.54) is 36.8 Å². The molecule has 5 nitrogen and oxygen atoms in total. The molecule has 0 saturated heterocycles. The van der Waals surface area contributed by atoms with Gasteiger partial charge in [0.1, 0.15) is 17.7 Å². The summed E-state index contributed by atoms with van der Waals surface area (Å²) in [4.78, 5) is 9.86. The predicted octanol–water partition coefficient (Wildman–Crippen LogP) is 5.98. The van der Waals surface area contributed by atoms with Crippen molar-refractivity contribution in [2.24, 2.45) is 5.92 Å². The molecule has 32 heavy (non-hydrogen) atoms. The summed E-state index contributed by atoms with van der Waals surface area (Å²) in [6, 6.07) is 6.35. The first kappa shape index (κ1) is 24.0. The molecule has 0 aliphatic heterocycles. The van der Waals surface area contributed by atoms with Crippen molar-refractivity contribution in [1.29, 1.82) is 5.26 Å². The first-order chi connectivity index (χ1) is 15.6. The van der Waals surface area contributed by atoms with E-state index >= 15 is 0 Å². The van der Waals surface area contributed by atoms with Gasteiger partial charge in [0.15, 0.2) is 0 Å². The maximum absolute atomic E-state index is 9.89. The Morgan fingerprint density at radius 2 is 1.84 bits per heavy atom. The van der Waals surface area contributed by atoms with Crippen LogP contribution in [0, 0.1) is 17.2 Å². The number of unbranched alkanes of at least 4 members (excludes halogenated alkanes) is 1. The number of hydrogen-bond donors (Lipinski definition) is 2. The number of benzene rings is 1. The van der Waals surface area contributed by atoms with Crippen LogP contribution < -0.4 is 11.1 Å². The minimum Gasteiger partial charge on any atom is -0.398 e. The highest BCUT2D eigenvalue weighted by Crippen LogP contribution is 2.29. The average Bonchev–Trinajstić information content (AvgIpc) is 3.32. The van der Waals surface area contributed by atoms with E-state index < -0.39 is 0 Å². The molecule has 0 unspecified atom stereocenters. The molecule has 1 aromatic heterocycles. The molecule has 0 atom stereocenters. The van der Waals surface area contributed by atoms with Crippen LogP contribution in [0.3, 0.4) is 0 Å². The van der Waals surface area contributed by atoms with Crippen molar-refractivity contribution in [3.05, 3.63) is 45.9 Å². The molecule has 0 bridgehead atoms. The molecule has 1 heterocycles. The highest BCUT2D eigenvalue weighted by Gasteiger charge is 2.20. The summed E-state index contributed by atoms with van der Waals surface area (Å²) in [5.41, 5.74) is 11.9. The summed E-state index contributed by atoms with van der Waals surface area (Å²) in [5.74, 6) is 2.61. The van der Waals surface area contributed by atoms with Gasteiger partial charge in [-0.25, -0.2) is 9.97 Å². The zero-order valence-corrected chi connectivity index (χ0v) is 20.1. The van der Waals surface area contributed by atoms with Gasteiger partial charge in [-0.3, -0.25) is 0 Å². The lowest BCUT2D eigenvalue weighted by Gasteiger charge is -2.19. The van der Waals surface area contributed by atoms with Crippen molar-refractivity contribution in [3.8, 4) is 6.07 Å². The fraction of sp³-hybridized carbons (Fsp3) is 0.593. The van der Waals surface area contributed by atoms with E-state index in [0.29, 0.717) is 17.7 Å². The first-order valence-corrected chi connectivity index (χ1v) is 12.5. The smallest absolute Gasteiger partial charge is 0.133 e. The van der Waals surface area contributed by atoms with E-state index in [4.69, 9.17) is 15.7 Å². The zero-order valence-electron chi connectivity index (χ0n) is 20.1. The number of aromatic nitrogens is 2. The van der Waals surface area contributed by atoms with Gasteiger partial charge in [0.05, 0.1) is 11.3 Å². The number of hydrogen-bond acceptors (Lipinski definition) is 5. The largest absolute Gasteiger partial charge is 0.398 e. The Morgan fingerprint density at radius 3 is 2.50 bits per heavy atom. The maximum atomic E-state index is 9.89. The third-order valence-corrected chi connectivity index (χ3v) is 6.69. The van der Waals surface area contributed by atoms with Crippen LogP contribution in [-0.4, -0.2) is 16.5 Å². The van der Waals surface area contributed by atoms with Gasteiger partial charge in [-0.05, 0) is 55.2 Å². The number of aryl methyl sites for hydroxylation is 2. The molecule has 172 valence electrons. The third-order valence-electron chi connectivity index (χ3n) is 6.69. The standard InChI is InChI=1S/C27H39N5/c1-4-7-13-20-14-15-24(29)23(17-28)22(20)16-25-21(10-5-2)27(32-26(6-3)31-25)30-18-19-11-8-9-12-19/h14-15,19H,4-13,16,18,29H2,1-3H3,(H,30,31,32). The molecule has 0 radical (unpaired) electrons. The lowest BCUT2D eigenvalue weighted by molar-refractivity contribution is 0.578. The normalized spacial score (nSPS) is 13.9. The molecule has 0 spiro atoms. The molecular weight excluding hydrogens is 394 g/mol. The van der Waals surface area contributed by atoms with E-state index in [9.17, 15) is 5.26 Å². The molecule has 2 aromatic rings. The molecule has 5 heteroatoms. The molecule has 3 N–H and O–H groups in total. The van der Waals surface area contributed by atoms with Crippen LogP contribution in [0.4, 0.5) is 11.5 Å². The van der Waals surface area contributed by atoms with Gasteiger partial charge in [-0.15, -0.1) is 0 Å². The Kier molecular flexibility index (Phi) is 8.90. The molecular formula is C27H39N5. The lowest BCUT2D eigenvalue weighted by Crippen LogP contribution is -2.17. The van der Waals surface area contributed by atoms with Crippen LogP contribution in [0.1, 0.15) is 99.5 Å². The topological polar surface area (TPSA) is 87.6 Å². The van der Waals surface area contributed by atoms with E-state index in [0.717, 1.165) is 73.9 Å². The van der Waals surface area contributed by atoms with Crippen LogP contribution in [0.15, 0.2) is 12.1 Å². The SMILES string of the molecule is CCCCc1ccc(N)c(C#N)c1Cc1nc(CC)nc(NCC2CCCC2)c1CCC. The van der Waals surface area contributed by atoms with Gasteiger partial charge in [0.25, 0.3) is 0 Å². The van der Waals surface area contributed by atoms with Crippen molar-refractivity contribution in [2.75, 3.05) is 17.6 Å². The highest BCUT2D eigenvalue weighted by atomic mass is 15.0. The monoisotopic (exact) mass is 433 g/mol. The fourth-order valence-corrected chi connectivity index (χ4v) is 4.81. The lowest BCUT2D eigenvalue weighted by atomic mass is 9.91. The number of nitriles is 1. The van der Waals surface area contributed by atoms with Crippen molar-refractivity contribution < 1.29 is 0 Å². The fourth-order valence-electron chi connectivity index (χ4n) is 4.81. The second kappa shape index (κ2) is 11.9. The van der Waals surface area contributed by atoms with Gasteiger partial charge >= 0.3 is 0 Å². The summed E-state index contributed by atoms with van der Waals surface area (Å²) in [7, 11) is 0. The van der Waals surface area contributed by atoms with Crippen LogP contribution >= 0.6 is 0 Å². The molecule has 1 aliphatic carbocycles. The van der Waals surface area contributed by atoms with Gasteiger partial charge in [0, 0.05) is 30.6 Å². The number of nitrogen functional groups attached to an aromatic ring is 1. The van der Waals surface area contributed by atoms with Crippen LogP contribution in [0.25, 0.3) is 0 Å². The Hall–Kier alpha value is -2.61. The Balaban J connectivity index is 2.02. The Labute approximate surface area is 193 Å². The summed E-state index contributed by atoms with van der Waals surface area (Å²) in [6.45, 7) is 7.49. The van der Waals surface area contributed by atoms with Crippen molar-refractivity contribution in [1.82, 2.24) is 9.97 Å². The predicted molar refractivity (Wildman–Crippen MR) is 133 cm³/mol.